The Bertz CT molecular complexity index is 210. The van der Waals surface area contributed by atoms with Crippen molar-refractivity contribution in [3.8, 4) is 0 Å². The van der Waals surface area contributed by atoms with Crippen molar-refractivity contribution >= 4 is 6.21 Å². The first-order chi connectivity index (χ1) is 4.88. The Balaban J connectivity index is 2.29. The normalized spacial score (nSPS) is 30.3. The van der Waals surface area contributed by atoms with Crippen LogP contribution in [0.2, 0.25) is 0 Å². The largest absolute Gasteiger partial charge is 0.404 e. The smallest absolute Gasteiger partial charge is 0.168 e. The summed E-state index contributed by atoms with van der Waals surface area (Å²) in [5.41, 5.74) is 3.36. The third-order valence-corrected chi connectivity index (χ3v) is 1.65. The van der Waals surface area contributed by atoms with Gasteiger partial charge in [0.2, 0.25) is 0 Å². The fourth-order valence-corrected chi connectivity index (χ4v) is 1.09. The average Bonchev–Trinajstić information content (AvgIpc) is 2.34. The Morgan fingerprint density at radius 2 is 2.70 bits per heavy atom. The van der Waals surface area contributed by atoms with Crippen molar-refractivity contribution in [3.63, 3.8) is 0 Å². The summed E-state index contributed by atoms with van der Waals surface area (Å²) in [5, 5.41) is 9.17. The molecule has 1 unspecified atom stereocenters. The second kappa shape index (κ2) is 2.07. The third kappa shape index (κ3) is 0.732. The average molecular weight is 140 g/mol. The van der Waals surface area contributed by atoms with E-state index in [9.17, 15) is 0 Å². The van der Waals surface area contributed by atoms with Gasteiger partial charge in [-0.05, 0) is 6.42 Å². The molecule has 2 rings (SSSR count). The van der Waals surface area contributed by atoms with Crippen LogP contribution in [0.1, 0.15) is 6.42 Å². The van der Waals surface area contributed by atoms with Crippen molar-refractivity contribution in [2.45, 2.75) is 12.6 Å². The van der Waals surface area contributed by atoms with Crippen LogP contribution < -0.4 is 5.48 Å². The van der Waals surface area contributed by atoms with Gasteiger partial charge in [0.15, 0.2) is 12.0 Å². The summed E-state index contributed by atoms with van der Waals surface area (Å²) < 4.78 is 0. The van der Waals surface area contributed by atoms with Crippen LogP contribution in [0.25, 0.3) is 0 Å². The lowest BCUT2D eigenvalue weighted by atomic mass is 10.1. The fraction of sp³-hybridized carbons (Fsp3) is 0.500. The fourth-order valence-electron chi connectivity index (χ4n) is 1.09. The number of dihydropyridines is 1. The second-order valence-corrected chi connectivity index (χ2v) is 2.30. The zero-order valence-corrected chi connectivity index (χ0v) is 5.37. The minimum Gasteiger partial charge on any atom is -0.404 e. The zero-order valence-electron chi connectivity index (χ0n) is 5.37. The SMILES string of the molecule is OC1NOC2=C1CCN=C2. The molecular weight excluding hydrogens is 132 g/mol. The molecule has 0 saturated heterocycles. The van der Waals surface area contributed by atoms with Gasteiger partial charge in [-0.15, -0.1) is 5.48 Å². The van der Waals surface area contributed by atoms with Gasteiger partial charge in [-0.3, -0.25) is 4.99 Å². The molecule has 0 aromatic rings. The molecule has 0 aliphatic carbocycles. The maximum Gasteiger partial charge on any atom is 0.168 e. The summed E-state index contributed by atoms with van der Waals surface area (Å²) in [7, 11) is 0. The lowest BCUT2D eigenvalue weighted by molar-refractivity contribution is 0.0386. The molecule has 0 bridgehead atoms. The number of aliphatic hydroxyl groups excluding tert-OH is 1. The van der Waals surface area contributed by atoms with Gasteiger partial charge in [0.05, 0.1) is 6.21 Å². The summed E-state index contributed by atoms with van der Waals surface area (Å²) in [6.45, 7) is 0.751. The van der Waals surface area contributed by atoms with Crippen molar-refractivity contribution in [1.82, 2.24) is 5.48 Å². The molecule has 0 aromatic heterocycles. The molecule has 1 atom stereocenters. The summed E-state index contributed by atoms with van der Waals surface area (Å²) in [6, 6.07) is 0. The number of nitrogens with zero attached hydrogens (tertiary/aromatic N) is 1. The first-order valence-corrected chi connectivity index (χ1v) is 3.21. The highest BCUT2D eigenvalue weighted by molar-refractivity contribution is 5.78. The predicted octanol–water partition coefficient (Wildman–Crippen LogP) is -0.432. The molecule has 2 N–H and O–H groups in total. The van der Waals surface area contributed by atoms with E-state index in [4.69, 9.17) is 9.94 Å². The molecule has 2 aliphatic heterocycles. The van der Waals surface area contributed by atoms with Gasteiger partial charge in [0.1, 0.15) is 0 Å². The van der Waals surface area contributed by atoms with E-state index in [2.05, 4.69) is 10.5 Å². The number of aliphatic hydroxyl groups is 1. The molecule has 0 radical (unpaired) electrons. The molecule has 4 nitrogen and oxygen atoms in total. The summed E-state index contributed by atoms with van der Waals surface area (Å²) >= 11 is 0. The Morgan fingerprint density at radius 3 is 3.50 bits per heavy atom. The molecule has 0 amide bonds. The number of allylic oxidation sites excluding steroid dienone is 1. The van der Waals surface area contributed by atoms with Crippen molar-refractivity contribution in [1.29, 1.82) is 0 Å². The Hall–Kier alpha value is -0.870. The molecule has 4 heteroatoms. The minimum atomic E-state index is -0.623. The maximum atomic E-state index is 9.17. The van der Waals surface area contributed by atoms with Gasteiger partial charge < -0.3 is 9.94 Å². The van der Waals surface area contributed by atoms with E-state index in [-0.39, 0.29) is 0 Å². The first-order valence-electron chi connectivity index (χ1n) is 3.21. The number of nitrogens with one attached hydrogen (secondary N) is 1. The van der Waals surface area contributed by atoms with E-state index in [1.54, 1.807) is 6.21 Å². The van der Waals surface area contributed by atoms with Gasteiger partial charge in [0, 0.05) is 12.1 Å². The molecule has 0 fully saturated rings. The van der Waals surface area contributed by atoms with Crippen LogP contribution >= 0.6 is 0 Å². The van der Waals surface area contributed by atoms with Crippen LogP contribution in [0.5, 0.6) is 0 Å². The third-order valence-electron chi connectivity index (χ3n) is 1.65. The lowest BCUT2D eigenvalue weighted by Crippen LogP contribution is -2.23. The lowest BCUT2D eigenvalue weighted by Gasteiger charge is -2.05. The van der Waals surface area contributed by atoms with E-state index in [1.165, 1.54) is 0 Å². The van der Waals surface area contributed by atoms with E-state index in [1.807, 2.05) is 0 Å². The second-order valence-electron chi connectivity index (χ2n) is 2.30. The van der Waals surface area contributed by atoms with Gasteiger partial charge in [-0.25, -0.2) is 0 Å². The molecule has 0 spiro atoms. The molecule has 54 valence electrons. The van der Waals surface area contributed by atoms with E-state index >= 15 is 0 Å². The molecule has 10 heavy (non-hydrogen) atoms. The van der Waals surface area contributed by atoms with Crippen molar-refractivity contribution < 1.29 is 9.94 Å². The van der Waals surface area contributed by atoms with E-state index in [0.717, 1.165) is 18.5 Å². The number of rotatable bonds is 0. The maximum absolute atomic E-state index is 9.17. The van der Waals surface area contributed by atoms with Gasteiger partial charge in [0.25, 0.3) is 0 Å². The van der Waals surface area contributed by atoms with Gasteiger partial charge >= 0.3 is 0 Å². The number of aliphatic imine (C=N–C) groups is 1. The zero-order chi connectivity index (χ0) is 6.97. The molecule has 2 heterocycles. The topological polar surface area (TPSA) is 53.8 Å². The first kappa shape index (κ1) is 5.88. The molecule has 2 aliphatic rings. The number of hydroxylamine groups is 1. The van der Waals surface area contributed by atoms with Gasteiger partial charge in [-0.1, -0.05) is 0 Å². The predicted molar refractivity (Wildman–Crippen MR) is 35.2 cm³/mol. The van der Waals surface area contributed by atoms with Crippen LogP contribution in [-0.4, -0.2) is 24.1 Å². The number of hydrogen-bond donors (Lipinski definition) is 2. The van der Waals surface area contributed by atoms with Crippen LogP contribution in [0, 0.1) is 0 Å². The quantitative estimate of drug-likeness (QED) is 0.480. The van der Waals surface area contributed by atoms with Gasteiger partial charge in [-0.2, -0.15) is 0 Å². The Morgan fingerprint density at radius 1 is 1.80 bits per heavy atom. The van der Waals surface area contributed by atoms with E-state index < -0.39 is 6.23 Å². The monoisotopic (exact) mass is 140 g/mol. The van der Waals surface area contributed by atoms with Crippen LogP contribution in [0.4, 0.5) is 0 Å². The summed E-state index contributed by atoms with van der Waals surface area (Å²) in [4.78, 5) is 8.89. The Kier molecular flexibility index (Phi) is 1.22. The highest BCUT2D eigenvalue weighted by atomic mass is 16.7. The number of hydrogen-bond acceptors (Lipinski definition) is 4. The van der Waals surface area contributed by atoms with Crippen molar-refractivity contribution in [2.75, 3.05) is 6.54 Å². The Labute approximate surface area is 58.2 Å². The van der Waals surface area contributed by atoms with E-state index in [0.29, 0.717) is 5.76 Å². The van der Waals surface area contributed by atoms with Crippen molar-refractivity contribution in [2.24, 2.45) is 4.99 Å². The summed E-state index contributed by atoms with van der Waals surface area (Å²) in [6.07, 6.45) is 1.81. The van der Waals surface area contributed by atoms with Crippen LogP contribution in [-0.2, 0) is 4.84 Å². The highest BCUT2D eigenvalue weighted by Crippen LogP contribution is 2.20. The van der Waals surface area contributed by atoms with Crippen molar-refractivity contribution in [3.05, 3.63) is 11.3 Å². The molecular formula is C6H8N2O2. The van der Waals surface area contributed by atoms with Crippen LogP contribution in [0.15, 0.2) is 16.3 Å². The molecule has 0 saturated carbocycles. The summed E-state index contributed by atoms with van der Waals surface area (Å²) in [5.74, 6) is 0.679. The highest BCUT2D eigenvalue weighted by Gasteiger charge is 2.25. The molecule has 0 aromatic carbocycles. The standard InChI is InChI=1S/C6H8N2O2/c9-6-4-1-2-7-3-5(4)10-8-6/h3,6,8-9H,1-2H2. The minimum absolute atomic E-state index is 0.623. The van der Waals surface area contributed by atoms with Crippen LogP contribution in [0.3, 0.4) is 0 Å².